The Labute approximate surface area is 280 Å². The summed E-state index contributed by atoms with van der Waals surface area (Å²) >= 11 is 0. The number of ether oxygens (including phenoxy) is 3. The van der Waals surface area contributed by atoms with E-state index >= 15 is 0 Å². The topological polar surface area (TPSA) is 137 Å². The monoisotopic (exact) mass is 655 g/mol. The van der Waals surface area contributed by atoms with E-state index in [4.69, 9.17) is 19.3 Å². The highest BCUT2D eigenvalue weighted by Gasteiger charge is 2.48. The summed E-state index contributed by atoms with van der Waals surface area (Å²) in [4.78, 5) is 68.9. The van der Waals surface area contributed by atoms with Crippen molar-refractivity contribution in [2.75, 3.05) is 19.8 Å². The molecule has 3 aromatic carbocycles. The number of aliphatic hydroxyl groups excluding tert-OH is 1. The van der Waals surface area contributed by atoms with Crippen molar-refractivity contribution >= 4 is 35.1 Å². The number of carbonyl (C=O) groups excluding carboxylic acids is 5. The molecule has 252 valence electrons. The Hall–Kier alpha value is -4.93. The Balaban J connectivity index is 1.73. The number of Topliss-reactive ketones (excluding diaryl/α,β-unsaturated/α-hetero) is 1. The molecule has 0 bridgehead atoms. The standard InChI is InChI=1S/C38H41NO9/c1-25-12-10-17-30(22-25)31(33(42)18-11-20-46-21-19-40)24-34(43)36(47-27(3)41)32(23-28-13-6-4-7-14-28)37(44)39-26(2)35(48-38(39)45)29-15-8-5-9-16-29/h4-10,12-17,22,24,26,32,35-36,40H,11,18-21,23H2,1-3H3/t26-,32-,35-,36-/m1/s1. The Morgan fingerprint density at radius 3 is 2.29 bits per heavy atom. The van der Waals surface area contributed by atoms with Gasteiger partial charge >= 0.3 is 12.1 Å². The lowest BCUT2D eigenvalue weighted by molar-refractivity contribution is -0.158. The van der Waals surface area contributed by atoms with Gasteiger partial charge in [-0.05, 0) is 49.5 Å². The van der Waals surface area contributed by atoms with Gasteiger partial charge < -0.3 is 19.3 Å². The van der Waals surface area contributed by atoms with Crippen molar-refractivity contribution in [1.29, 1.82) is 0 Å². The molecule has 3 aromatic rings. The summed E-state index contributed by atoms with van der Waals surface area (Å²) in [6.45, 7) is 4.90. The van der Waals surface area contributed by atoms with E-state index in [1.165, 1.54) is 0 Å². The minimum absolute atomic E-state index is 0.0420. The normalized spacial score (nSPS) is 17.4. The van der Waals surface area contributed by atoms with Crippen LogP contribution in [0.3, 0.4) is 0 Å². The first-order valence-corrected chi connectivity index (χ1v) is 15.9. The minimum atomic E-state index is -1.66. The van der Waals surface area contributed by atoms with Crippen LogP contribution in [0, 0.1) is 12.8 Å². The Morgan fingerprint density at radius 2 is 1.65 bits per heavy atom. The van der Waals surface area contributed by atoms with Crippen molar-refractivity contribution < 1.29 is 43.3 Å². The Bertz CT molecular complexity index is 1620. The number of rotatable bonds is 16. The molecule has 1 fully saturated rings. The molecule has 1 aliphatic rings. The Kier molecular flexibility index (Phi) is 12.9. The third kappa shape index (κ3) is 9.33. The molecular formula is C38H41NO9. The molecule has 1 saturated heterocycles. The summed E-state index contributed by atoms with van der Waals surface area (Å²) in [5, 5.41) is 8.96. The van der Waals surface area contributed by atoms with Crippen molar-refractivity contribution in [3.63, 3.8) is 0 Å². The molecule has 10 heteroatoms. The van der Waals surface area contributed by atoms with Crippen LogP contribution in [0.5, 0.6) is 0 Å². The molecule has 2 amide bonds. The van der Waals surface area contributed by atoms with Gasteiger partial charge in [-0.3, -0.25) is 19.2 Å². The molecule has 1 aliphatic heterocycles. The van der Waals surface area contributed by atoms with Crippen molar-refractivity contribution in [1.82, 2.24) is 4.90 Å². The van der Waals surface area contributed by atoms with Gasteiger partial charge in [0.2, 0.25) is 5.91 Å². The van der Waals surface area contributed by atoms with Crippen LogP contribution in [0.4, 0.5) is 4.79 Å². The quantitative estimate of drug-likeness (QED) is 0.125. The van der Waals surface area contributed by atoms with Gasteiger partial charge in [0.1, 0.15) is 6.10 Å². The molecule has 0 aromatic heterocycles. The molecule has 0 unspecified atom stereocenters. The van der Waals surface area contributed by atoms with E-state index in [0.29, 0.717) is 23.1 Å². The highest BCUT2D eigenvalue weighted by atomic mass is 16.6. The molecule has 0 spiro atoms. The second-order valence-corrected chi connectivity index (χ2v) is 11.7. The first-order valence-electron chi connectivity index (χ1n) is 15.9. The lowest BCUT2D eigenvalue weighted by atomic mass is 9.87. The zero-order valence-electron chi connectivity index (χ0n) is 27.4. The van der Waals surface area contributed by atoms with Crippen molar-refractivity contribution in [2.45, 2.75) is 58.3 Å². The first kappa shape index (κ1) is 35.9. The summed E-state index contributed by atoms with van der Waals surface area (Å²) in [6, 6.07) is 24.2. The third-order valence-electron chi connectivity index (χ3n) is 8.03. The Morgan fingerprint density at radius 1 is 0.958 bits per heavy atom. The number of amides is 2. The molecule has 1 N–H and O–H groups in total. The van der Waals surface area contributed by atoms with E-state index in [-0.39, 0.29) is 44.0 Å². The van der Waals surface area contributed by atoms with Crippen LogP contribution in [0.25, 0.3) is 5.57 Å². The number of carbonyl (C=O) groups is 5. The number of imide groups is 1. The number of esters is 1. The van der Waals surface area contributed by atoms with Gasteiger partial charge in [0.05, 0.1) is 25.2 Å². The third-order valence-corrected chi connectivity index (χ3v) is 8.03. The minimum Gasteiger partial charge on any atom is -0.453 e. The average Bonchev–Trinajstić information content (AvgIpc) is 3.38. The molecule has 0 radical (unpaired) electrons. The number of nitrogens with zero attached hydrogens (tertiary/aromatic N) is 1. The van der Waals surface area contributed by atoms with Crippen LogP contribution in [0.15, 0.2) is 91.0 Å². The highest BCUT2D eigenvalue weighted by Crippen LogP contribution is 2.35. The maximum atomic E-state index is 14.4. The summed E-state index contributed by atoms with van der Waals surface area (Å²) in [5.74, 6) is -4.01. The van der Waals surface area contributed by atoms with E-state index in [9.17, 15) is 24.0 Å². The summed E-state index contributed by atoms with van der Waals surface area (Å²) in [7, 11) is 0. The van der Waals surface area contributed by atoms with Gasteiger partial charge in [0.15, 0.2) is 17.7 Å². The van der Waals surface area contributed by atoms with Gasteiger partial charge in [-0.15, -0.1) is 0 Å². The van der Waals surface area contributed by atoms with Gasteiger partial charge in [0, 0.05) is 25.5 Å². The van der Waals surface area contributed by atoms with E-state index in [0.717, 1.165) is 23.5 Å². The van der Waals surface area contributed by atoms with Gasteiger partial charge in [-0.2, -0.15) is 0 Å². The van der Waals surface area contributed by atoms with Gasteiger partial charge in [0.25, 0.3) is 0 Å². The fourth-order valence-electron chi connectivity index (χ4n) is 5.73. The van der Waals surface area contributed by atoms with Crippen LogP contribution in [-0.4, -0.2) is 71.5 Å². The van der Waals surface area contributed by atoms with Crippen LogP contribution in [0.2, 0.25) is 0 Å². The number of aliphatic hydroxyl groups is 1. The van der Waals surface area contributed by atoms with Gasteiger partial charge in [-0.25, -0.2) is 9.69 Å². The highest BCUT2D eigenvalue weighted by molar-refractivity contribution is 6.25. The van der Waals surface area contributed by atoms with E-state index in [1.54, 1.807) is 79.7 Å². The fraction of sp³-hybridized carbons (Fsp3) is 0.342. The summed E-state index contributed by atoms with van der Waals surface area (Å²) in [6.07, 6.45) is -1.80. The summed E-state index contributed by atoms with van der Waals surface area (Å²) < 4.78 is 16.5. The molecule has 4 rings (SSSR count). The second kappa shape index (κ2) is 17.3. The molecule has 48 heavy (non-hydrogen) atoms. The maximum Gasteiger partial charge on any atom is 0.417 e. The van der Waals surface area contributed by atoms with Crippen LogP contribution >= 0.6 is 0 Å². The SMILES string of the molecule is CC(=O)O[C@@H](C(=O)C=C(C(=O)CCCOCCO)c1cccc(C)c1)[C@@H](Cc1ccccc1)C(=O)N1C(=O)O[C@@H](c2ccccc2)[C@H]1C. The fourth-order valence-corrected chi connectivity index (χ4v) is 5.73. The van der Waals surface area contributed by atoms with Crippen molar-refractivity contribution in [2.24, 2.45) is 5.92 Å². The predicted molar refractivity (Wildman–Crippen MR) is 177 cm³/mol. The van der Waals surface area contributed by atoms with E-state index in [2.05, 4.69) is 0 Å². The number of benzene rings is 3. The smallest absolute Gasteiger partial charge is 0.417 e. The molecule has 10 nitrogen and oxygen atoms in total. The molecule has 0 aliphatic carbocycles. The first-order chi connectivity index (χ1) is 23.1. The zero-order valence-corrected chi connectivity index (χ0v) is 27.4. The lowest BCUT2D eigenvalue weighted by Crippen LogP contribution is -2.49. The zero-order chi connectivity index (χ0) is 34.6. The number of allylic oxidation sites excluding steroid dienone is 1. The maximum absolute atomic E-state index is 14.4. The number of hydrogen-bond donors (Lipinski definition) is 1. The predicted octanol–water partition coefficient (Wildman–Crippen LogP) is 5.20. The number of ketones is 2. The summed E-state index contributed by atoms with van der Waals surface area (Å²) in [5.41, 5.74) is 2.80. The number of cyclic esters (lactones) is 1. The van der Waals surface area contributed by atoms with E-state index in [1.807, 2.05) is 19.1 Å². The molecular weight excluding hydrogens is 614 g/mol. The van der Waals surface area contributed by atoms with Crippen LogP contribution < -0.4 is 0 Å². The van der Waals surface area contributed by atoms with E-state index < -0.39 is 47.9 Å². The second-order valence-electron chi connectivity index (χ2n) is 11.7. The number of hydrogen-bond acceptors (Lipinski definition) is 9. The van der Waals surface area contributed by atoms with Crippen molar-refractivity contribution in [3.8, 4) is 0 Å². The van der Waals surface area contributed by atoms with Crippen molar-refractivity contribution in [3.05, 3.63) is 113 Å². The molecule has 4 atom stereocenters. The lowest BCUT2D eigenvalue weighted by Gasteiger charge is -2.29. The average molecular weight is 656 g/mol. The number of aryl methyl sites for hydroxylation is 1. The van der Waals surface area contributed by atoms with Crippen LogP contribution in [0.1, 0.15) is 55.0 Å². The van der Waals surface area contributed by atoms with Crippen LogP contribution in [-0.2, 0) is 39.8 Å². The largest absolute Gasteiger partial charge is 0.453 e. The van der Waals surface area contributed by atoms with Gasteiger partial charge in [-0.1, -0.05) is 90.5 Å². The molecule has 1 heterocycles. The molecule has 0 saturated carbocycles.